The molecule has 0 amide bonds. The normalized spacial score (nSPS) is 27.0. The molecule has 0 saturated carbocycles. The zero-order valence-electron chi connectivity index (χ0n) is 14.8. The van der Waals surface area contributed by atoms with E-state index >= 15 is 0 Å². The molecule has 3 aliphatic rings. The number of hydrogen-bond donors (Lipinski definition) is 0. The first-order valence-corrected chi connectivity index (χ1v) is 11.2. The molecule has 150 valence electrons. The average Bonchev–Trinajstić information content (AvgIpc) is 3.32. The lowest BCUT2D eigenvalue weighted by Crippen LogP contribution is -2.41. The molecule has 4 rings (SSSR count). The van der Waals surface area contributed by atoms with Gasteiger partial charge in [0.15, 0.2) is 9.84 Å². The summed E-state index contributed by atoms with van der Waals surface area (Å²) in [5, 5.41) is -0.480. The predicted molar refractivity (Wildman–Crippen MR) is 96.9 cm³/mol. The molecule has 0 radical (unpaired) electrons. The Bertz CT molecular complexity index is 810. The van der Waals surface area contributed by atoms with Gasteiger partial charge in [0, 0.05) is 26.3 Å². The van der Waals surface area contributed by atoms with E-state index in [0.717, 1.165) is 25.7 Å². The molecule has 4 heterocycles. The molecule has 10 heteroatoms. The van der Waals surface area contributed by atoms with Crippen molar-refractivity contribution in [2.24, 2.45) is 0 Å². The Hall–Kier alpha value is -1.16. The van der Waals surface area contributed by atoms with Gasteiger partial charge in [-0.25, -0.2) is 8.42 Å². The van der Waals surface area contributed by atoms with Crippen molar-refractivity contribution in [2.75, 3.05) is 43.6 Å². The van der Waals surface area contributed by atoms with Crippen molar-refractivity contribution < 1.29 is 27.0 Å². The number of hydrogen-bond acceptors (Lipinski definition) is 7. The number of fused-ring (bicyclic) bond motifs is 1. The summed E-state index contributed by atoms with van der Waals surface area (Å²) in [4.78, 5) is 5.42. The molecule has 1 aromatic heterocycles. The van der Waals surface area contributed by atoms with Gasteiger partial charge >= 0.3 is 0 Å². The second-order valence-electron chi connectivity index (χ2n) is 7.05. The monoisotopic (exact) mass is 420 g/mol. The third-order valence-corrected chi connectivity index (χ3v) is 7.33. The minimum absolute atomic E-state index is 0.00602. The van der Waals surface area contributed by atoms with E-state index < -0.39 is 20.8 Å². The molecule has 0 bridgehead atoms. The number of rotatable bonds is 5. The first-order chi connectivity index (χ1) is 13.0. The highest BCUT2D eigenvalue weighted by molar-refractivity contribution is 7.91. The maximum Gasteiger partial charge on any atom is 0.241 e. The van der Waals surface area contributed by atoms with E-state index in [-0.39, 0.29) is 47.6 Å². The zero-order valence-corrected chi connectivity index (χ0v) is 16.4. The van der Waals surface area contributed by atoms with Gasteiger partial charge in [-0.3, -0.25) is 0 Å². The molecule has 0 spiro atoms. The van der Waals surface area contributed by atoms with Crippen LogP contribution in [0.25, 0.3) is 0 Å². The number of aromatic nitrogens is 1. The molecule has 0 unspecified atom stereocenters. The van der Waals surface area contributed by atoms with Crippen LogP contribution in [0.5, 0.6) is 5.88 Å². The van der Waals surface area contributed by atoms with Crippen LogP contribution in [0.1, 0.15) is 25.7 Å². The Balaban J connectivity index is 1.70. The Morgan fingerprint density at radius 1 is 1.22 bits per heavy atom. The van der Waals surface area contributed by atoms with E-state index in [9.17, 15) is 12.8 Å². The first-order valence-electron chi connectivity index (χ1n) is 9.18. The second-order valence-corrected chi connectivity index (χ2v) is 9.47. The van der Waals surface area contributed by atoms with Gasteiger partial charge in [0.25, 0.3) is 0 Å². The third kappa shape index (κ3) is 3.87. The number of sulfone groups is 1. The van der Waals surface area contributed by atoms with Crippen LogP contribution in [0.2, 0.25) is 5.02 Å². The molecule has 7 nitrogen and oxygen atoms in total. The molecule has 0 aromatic carbocycles. The summed E-state index contributed by atoms with van der Waals surface area (Å²) in [6.45, 7) is 2.29. The quantitative estimate of drug-likeness (QED) is 0.676. The summed E-state index contributed by atoms with van der Waals surface area (Å²) in [5.74, 6) is -1.23. The molecule has 2 atom stereocenters. The van der Waals surface area contributed by atoms with E-state index in [1.54, 1.807) is 0 Å². The number of nitrogens with zero attached hydrogens (tertiary/aromatic N) is 2. The van der Waals surface area contributed by atoms with Crippen molar-refractivity contribution in [3.63, 3.8) is 0 Å². The fourth-order valence-electron chi connectivity index (χ4n) is 3.76. The molecule has 1 aromatic rings. The molecule has 2 fully saturated rings. The Morgan fingerprint density at radius 2 is 1.93 bits per heavy atom. The average molecular weight is 421 g/mol. The molecule has 0 aliphatic carbocycles. The maximum atomic E-state index is 14.3. The minimum atomic E-state index is -3.73. The third-order valence-electron chi connectivity index (χ3n) is 5.13. The van der Waals surface area contributed by atoms with Crippen LogP contribution in [0.3, 0.4) is 0 Å². The second kappa shape index (κ2) is 7.69. The van der Waals surface area contributed by atoms with Crippen LogP contribution < -0.4 is 9.64 Å². The number of anilines is 1. The fraction of sp³-hybridized carbons (Fsp3) is 0.706. The Morgan fingerprint density at radius 3 is 2.59 bits per heavy atom. The van der Waals surface area contributed by atoms with Crippen LogP contribution in [0.4, 0.5) is 10.1 Å². The van der Waals surface area contributed by atoms with Gasteiger partial charge < -0.3 is 19.1 Å². The number of ether oxygens (including phenoxy) is 3. The van der Waals surface area contributed by atoms with Gasteiger partial charge in [0.05, 0.1) is 18.0 Å². The predicted octanol–water partition coefficient (Wildman–Crippen LogP) is 2.20. The summed E-state index contributed by atoms with van der Waals surface area (Å²) in [5.41, 5.74) is 0.237. The Labute approximate surface area is 162 Å². The van der Waals surface area contributed by atoms with E-state index in [1.807, 2.05) is 4.90 Å². The fourth-order valence-corrected chi connectivity index (χ4v) is 5.78. The summed E-state index contributed by atoms with van der Waals surface area (Å²) in [6.07, 6.45) is 3.53. The van der Waals surface area contributed by atoms with Gasteiger partial charge in [0.1, 0.15) is 22.2 Å². The maximum absolute atomic E-state index is 14.3. The molecule has 3 aliphatic heterocycles. The van der Waals surface area contributed by atoms with Gasteiger partial charge in [-0.05, 0) is 25.7 Å². The van der Waals surface area contributed by atoms with Crippen molar-refractivity contribution >= 4 is 27.1 Å². The highest BCUT2D eigenvalue weighted by atomic mass is 35.5. The zero-order chi connectivity index (χ0) is 19.0. The van der Waals surface area contributed by atoms with Gasteiger partial charge in [0.2, 0.25) is 11.8 Å². The number of pyridine rings is 1. The van der Waals surface area contributed by atoms with Crippen molar-refractivity contribution in [3.05, 3.63) is 11.0 Å². The Kier molecular flexibility index (Phi) is 5.46. The lowest BCUT2D eigenvalue weighted by molar-refractivity contribution is 0.0659. The van der Waals surface area contributed by atoms with Crippen molar-refractivity contribution in [1.29, 1.82) is 0 Å². The van der Waals surface area contributed by atoms with Crippen LogP contribution in [-0.2, 0) is 19.3 Å². The lowest BCUT2D eigenvalue weighted by atomic mass is 10.2. The summed E-state index contributed by atoms with van der Waals surface area (Å²) >= 11 is 6.02. The highest BCUT2D eigenvalue weighted by Crippen LogP contribution is 2.43. The SMILES string of the molecule is O=S1(=O)CCN(C[C@H]2CCCO2)c2c(OC[C@@H]3CCCO3)nc(F)c(Cl)c21. The molecule has 2 saturated heterocycles. The summed E-state index contributed by atoms with van der Waals surface area (Å²) < 4.78 is 56.5. The van der Waals surface area contributed by atoms with E-state index in [4.69, 9.17) is 25.8 Å². The molecular formula is C17H22ClFN2O5S. The largest absolute Gasteiger partial charge is 0.473 e. The highest BCUT2D eigenvalue weighted by Gasteiger charge is 2.38. The van der Waals surface area contributed by atoms with Crippen LogP contribution in [-0.4, -0.2) is 64.3 Å². The van der Waals surface area contributed by atoms with Crippen molar-refractivity contribution in [1.82, 2.24) is 4.98 Å². The molecule has 27 heavy (non-hydrogen) atoms. The first kappa shape index (κ1) is 19.2. The molecular weight excluding hydrogens is 399 g/mol. The van der Waals surface area contributed by atoms with Gasteiger partial charge in [-0.15, -0.1) is 0 Å². The van der Waals surface area contributed by atoms with Crippen molar-refractivity contribution in [2.45, 2.75) is 42.8 Å². The summed E-state index contributed by atoms with van der Waals surface area (Å²) in [6, 6.07) is 0. The van der Waals surface area contributed by atoms with E-state index in [2.05, 4.69) is 4.98 Å². The topological polar surface area (TPSA) is 78.0 Å². The van der Waals surface area contributed by atoms with Crippen molar-refractivity contribution in [3.8, 4) is 5.88 Å². The standard InChI is InChI=1S/C17H22ClFN2O5S/c18-13-15-14(17(20-16(13)19)26-10-12-4-2-7-25-12)21(5-8-27(15,22)23)9-11-3-1-6-24-11/h11-12H,1-10H2/t11-,12+/m1/s1. The minimum Gasteiger partial charge on any atom is -0.473 e. The number of halogens is 2. The molecule has 0 N–H and O–H groups in total. The van der Waals surface area contributed by atoms with E-state index in [0.29, 0.717) is 19.8 Å². The van der Waals surface area contributed by atoms with Crippen LogP contribution >= 0.6 is 11.6 Å². The lowest BCUT2D eigenvalue weighted by Gasteiger charge is -2.34. The van der Waals surface area contributed by atoms with Crippen LogP contribution in [0, 0.1) is 5.95 Å². The smallest absolute Gasteiger partial charge is 0.241 e. The van der Waals surface area contributed by atoms with Gasteiger partial charge in [-0.1, -0.05) is 11.6 Å². The van der Waals surface area contributed by atoms with Crippen LogP contribution in [0.15, 0.2) is 4.90 Å². The van der Waals surface area contributed by atoms with E-state index in [1.165, 1.54) is 0 Å². The van der Waals surface area contributed by atoms with Gasteiger partial charge in [-0.2, -0.15) is 9.37 Å². The summed E-state index contributed by atoms with van der Waals surface area (Å²) in [7, 11) is -3.73.